The molecular weight excluding hydrogens is 348 g/mol. The molecule has 6 heteroatoms. The Bertz CT molecular complexity index is 741. The molecule has 144 valence electrons. The highest BCUT2D eigenvalue weighted by molar-refractivity contribution is 7.89. The van der Waals surface area contributed by atoms with E-state index < -0.39 is 10.0 Å². The number of piperidine rings is 1. The molecule has 0 spiro atoms. The van der Waals surface area contributed by atoms with Crippen molar-refractivity contribution in [3.05, 3.63) is 29.8 Å². The zero-order valence-corrected chi connectivity index (χ0v) is 16.7. The SMILES string of the molecule is CCN(CC)S(=O)(=O)c1cccc(C(=O)N2CCCC3CCCCC32)c1. The maximum absolute atomic E-state index is 13.2. The quantitative estimate of drug-likeness (QED) is 0.788. The number of carbonyl (C=O) groups is 1. The largest absolute Gasteiger partial charge is 0.335 e. The lowest BCUT2D eigenvalue weighted by Crippen LogP contribution is -2.49. The highest BCUT2D eigenvalue weighted by Gasteiger charge is 2.36. The number of sulfonamides is 1. The third kappa shape index (κ3) is 3.67. The van der Waals surface area contributed by atoms with Crippen LogP contribution in [-0.4, -0.2) is 49.2 Å². The minimum absolute atomic E-state index is 0.0156. The number of fused-ring (bicyclic) bond motifs is 1. The van der Waals surface area contributed by atoms with Gasteiger partial charge in [-0.3, -0.25) is 4.79 Å². The van der Waals surface area contributed by atoms with E-state index in [4.69, 9.17) is 0 Å². The minimum atomic E-state index is -3.55. The van der Waals surface area contributed by atoms with Gasteiger partial charge in [-0.2, -0.15) is 4.31 Å². The molecule has 1 heterocycles. The Morgan fingerprint density at radius 1 is 1.12 bits per heavy atom. The first kappa shape index (κ1) is 19.4. The summed E-state index contributed by atoms with van der Waals surface area (Å²) < 4.78 is 27.0. The standard InChI is InChI=1S/C20H30N2O3S/c1-3-21(4-2)26(24,25)18-12-7-10-17(15-18)20(23)22-14-8-11-16-9-5-6-13-19(16)22/h7,10,12,15-16,19H,3-6,8-9,11,13-14H2,1-2H3. The molecule has 1 aliphatic heterocycles. The van der Waals surface area contributed by atoms with Gasteiger partial charge in [0.15, 0.2) is 0 Å². The molecule has 2 fully saturated rings. The van der Waals surface area contributed by atoms with Crippen molar-refractivity contribution in [2.45, 2.75) is 63.3 Å². The third-order valence-corrected chi connectivity index (χ3v) is 7.97. The number of benzene rings is 1. The summed E-state index contributed by atoms with van der Waals surface area (Å²) in [7, 11) is -3.55. The van der Waals surface area contributed by atoms with Crippen molar-refractivity contribution >= 4 is 15.9 Å². The molecule has 0 radical (unpaired) electrons. The van der Waals surface area contributed by atoms with Gasteiger partial charge in [0.25, 0.3) is 5.91 Å². The lowest BCUT2D eigenvalue weighted by atomic mass is 9.78. The fourth-order valence-electron chi connectivity index (χ4n) is 4.54. The van der Waals surface area contributed by atoms with Gasteiger partial charge >= 0.3 is 0 Å². The maximum Gasteiger partial charge on any atom is 0.254 e. The van der Waals surface area contributed by atoms with Crippen molar-refractivity contribution in [3.8, 4) is 0 Å². The Hall–Kier alpha value is -1.40. The van der Waals surface area contributed by atoms with Crippen LogP contribution in [0.4, 0.5) is 0 Å². The van der Waals surface area contributed by atoms with Crippen LogP contribution in [0.5, 0.6) is 0 Å². The van der Waals surface area contributed by atoms with E-state index in [0.717, 1.165) is 19.4 Å². The van der Waals surface area contributed by atoms with Gasteiger partial charge in [-0.15, -0.1) is 0 Å². The fraction of sp³-hybridized carbons (Fsp3) is 0.650. The summed E-state index contributed by atoms with van der Waals surface area (Å²) in [5.74, 6) is 0.599. The van der Waals surface area contributed by atoms with Crippen molar-refractivity contribution in [3.63, 3.8) is 0 Å². The lowest BCUT2D eigenvalue weighted by molar-refractivity contribution is 0.0390. The highest BCUT2D eigenvalue weighted by atomic mass is 32.2. The van der Waals surface area contributed by atoms with Crippen molar-refractivity contribution < 1.29 is 13.2 Å². The molecule has 0 aromatic heterocycles. The Kier molecular flexibility index (Phi) is 6.03. The van der Waals surface area contributed by atoms with E-state index in [1.54, 1.807) is 24.3 Å². The van der Waals surface area contributed by atoms with Gasteiger partial charge in [-0.25, -0.2) is 8.42 Å². The van der Waals surface area contributed by atoms with Crippen LogP contribution in [0.1, 0.15) is 62.7 Å². The Morgan fingerprint density at radius 2 is 1.81 bits per heavy atom. The molecule has 1 aromatic rings. The number of rotatable bonds is 5. The first-order valence-electron chi connectivity index (χ1n) is 9.90. The van der Waals surface area contributed by atoms with Crippen LogP contribution in [0.2, 0.25) is 0 Å². The zero-order chi connectivity index (χ0) is 18.7. The average molecular weight is 379 g/mol. The topological polar surface area (TPSA) is 57.7 Å². The van der Waals surface area contributed by atoms with Crippen LogP contribution in [-0.2, 0) is 10.0 Å². The van der Waals surface area contributed by atoms with Gasteiger partial charge in [0.2, 0.25) is 10.0 Å². The second-order valence-corrected chi connectivity index (χ2v) is 9.31. The molecule has 1 aromatic carbocycles. The van der Waals surface area contributed by atoms with Gasteiger partial charge in [0.1, 0.15) is 0 Å². The van der Waals surface area contributed by atoms with Crippen LogP contribution in [0.3, 0.4) is 0 Å². The smallest absolute Gasteiger partial charge is 0.254 e. The van der Waals surface area contributed by atoms with E-state index in [-0.39, 0.29) is 10.8 Å². The fourth-order valence-corrected chi connectivity index (χ4v) is 6.05. The molecule has 3 rings (SSSR count). The number of likely N-dealkylation sites (tertiary alicyclic amines) is 1. The Balaban J connectivity index is 1.86. The molecule has 2 atom stereocenters. The number of amides is 1. The van der Waals surface area contributed by atoms with Gasteiger partial charge in [-0.1, -0.05) is 32.8 Å². The van der Waals surface area contributed by atoms with E-state index in [1.807, 2.05) is 18.7 Å². The van der Waals surface area contributed by atoms with Gasteiger partial charge < -0.3 is 4.90 Å². The molecule has 0 bridgehead atoms. The first-order valence-corrected chi connectivity index (χ1v) is 11.3. The van der Waals surface area contributed by atoms with Gasteiger partial charge in [-0.05, 0) is 49.8 Å². The second-order valence-electron chi connectivity index (χ2n) is 7.37. The predicted molar refractivity (Wildman–Crippen MR) is 103 cm³/mol. The second kappa shape index (κ2) is 8.09. The van der Waals surface area contributed by atoms with E-state index in [2.05, 4.69) is 0 Å². The summed E-state index contributed by atoms with van der Waals surface area (Å²) in [6.07, 6.45) is 7.00. The molecule has 1 saturated heterocycles. The average Bonchev–Trinajstić information content (AvgIpc) is 2.68. The normalized spacial score (nSPS) is 23.7. The van der Waals surface area contributed by atoms with E-state index in [9.17, 15) is 13.2 Å². The van der Waals surface area contributed by atoms with E-state index in [1.165, 1.54) is 30.0 Å². The van der Waals surface area contributed by atoms with Crippen LogP contribution < -0.4 is 0 Å². The number of nitrogens with zero attached hydrogens (tertiary/aromatic N) is 2. The number of hydrogen-bond acceptors (Lipinski definition) is 3. The van der Waals surface area contributed by atoms with E-state index >= 15 is 0 Å². The summed E-state index contributed by atoms with van der Waals surface area (Å²) in [5, 5.41) is 0. The Labute approximate surface area is 157 Å². The number of hydrogen-bond donors (Lipinski definition) is 0. The van der Waals surface area contributed by atoms with Crippen molar-refractivity contribution in [1.82, 2.24) is 9.21 Å². The van der Waals surface area contributed by atoms with Gasteiger partial charge in [0.05, 0.1) is 4.90 Å². The summed E-state index contributed by atoms with van der Waals surface area (Å²) in [4.78, 5) is 15.4. The van der Waals surface area contributed by atoms with Crippen LogP contribution in [0, 0.1) is 5.92 Å². The monoisotopic (exact) mass is 378 g/mol. The zero-order valence-electron chi connectivity index (χ0n) is 15.9. The van der Waals surface area contributed by atoms with E-state index in [0.29, 0.717) is 30.6 Å². The molecule has 1 aliphatic carbocycles. The summed E-state index contributed by atoms with van der Waals surface area (Å²) in [5.41, 5.74) is 0.490. The summed E-state index contributed by atoms with van der Waals surface area (Å²) >= 11 is 0. The van der Waals surface area contributed by atoms with Crippen molar-refractivity contribution in [2.24, 2.45) is 5.92 Å². The highest BCUT2D eigenvalue weighted by Crippen LogP contribution is 2.36. The molecule has 1 amide bonds. The molecule has 0 N–H and O–H groups in total. The van der Waals surface area contributed by atoms with Crippen LogP contribution >= 0.6 is 0 Å². The molecule has 26 heavy (non-hydrogen) atoms. The molecule has 2 aliphatic rings. The van der Waals surface area contributed by atoms with Crippen LogP contribution in [0.25, 0.3) is 0 Å². The van der Waals surface area contributed by atoms with Gasteiger partial charge in [0, 0.05) is 31.2 Å². The third-order valence-electron chi connectivity index (χ3n) is 5.93. The lowest BCUT2D eigenvalue weighted by Gasteiger charge is -2.44. The summed E-state index contributed by atoms with van der Waals surface area (Å²) in [6, 6.07) is 6.90. The molecule has 1 saturated carbocycles. The molecule has 2 unspecified atom stereocenters. The maximum atomic E-state index is 13.2. The van der Waals surface area contributed by atoms with Crippen molar-refractivity contribution in [2.75, 3.05) is 19.6 Å². The minimum Gasteiger partial charge on any atom is -0.335 e. The Morgan fingerprint density at radius 3 is 2.54 bits per heavy atom. The first-order chi connectivity index (χ1) is 12.5. The number of carbonyl (C=O) groups excluding carboxylic acids is 1. The molecular formula is C20H30N2O3S. The van der Waals surface area contributed by atoms with Crippen LogP contribution in [0.15, 0.2) is 29.2 Å². The molecule has 5 nitrogen and oxygen atoms in total. The summed E-state index contributed by atoms with van der Waals surface area (Å²) in [6.45, 7) is 5.28. The predicted octanol–water partition coefficient (Wildman–Crippen LogP) is 3.51. The van der Waals surface area contributed by atoms with Crippen molar-refractivity contribution in [1.29, 1.82) is 0 Å².